The lowest BCUT2D eigenvalue weighted by atomic mass is 10.2. The van der Waals surface area contributed by atoms with Gasteiger partial charge in [0.05, 0.1) is 33.3 Å². The van der Waals surface area contributed by atoms with Gasteiger partial charge < -0.3 is 24.4 Å². The van der Waals surface area contributed by atoms with Crippen LogP contribution in [0, 0.1) is 0 Å². The number of amides is 1. The number of rotatable bonds is 7. The fourth-order valence-electron chi connectivity index (χ4n) is 3.25. The summed E-state index contributed by atoms with van der Waals surface area (Å²) in [6.45, 7) is 3.94. The molecular weight excluding hydrogens is 344 g/mol. The number of benzene rings is 2. The average molecular weight is 371 g/mol. The summed E-state index contributed by atoms with van der Waals surface area (Å²) in [5.74, 6) is 1.57. The highest BCUT2D eigenvalue weighted by Crippen LogP contribution is 2.17. The molecule has 1 saturated heterocycles. The first kappa shape index (κ1) is 19.2. The molecule has 1 fully saturated rings. The Balaban J connectivity index is 1.40. The Labute approximate surface area is 159 Å². The molecule has 0 aliphatic carbocycles. The molecule has 0 radical (unpaired) electrons. The van der Waals surface area contributed by atoms with E-state index >= 15 is 0 Å². The first-order valence-corrected chi connectivity index (χ1v) is 9.28. The van der Waals surface area contributed by atoms with Crippen molar-refractivity contribution < 1.29 is 24.3 Å². The molecule has 6 nitrogen and oxygen atoms in total. The lowest BCUT2D eigenvalue weighted by Gasteiger charge is -2.33. The van der Waals surface area contributed by atoms with E-state index in [9.17, 15) is 9.90 Å². The average Bonchev–Trinajstić information content (AvgIpc) is 2.73. The summed E-state index contributed by atoms with van der Waals surface area (Å²) in [6.07, 6.45) is -0.543. The molecule has 1 atom stereocenters. The van der Waals surface area contributed by atoms with Crippen molar-refractivity contribution in [3.63, 3.8) is 0 Å². The molecule has 1 aliphatic rings. The molecular formula is C21H27N2O4+. The lowest BCUT2D eigenvalue weighted by Crippen LogP contribution is -3.16. The molecule has 2 aromatic rings. The van der Waals surface area contributed by atoms with E-state index in [1.165, 1.54) is 4.90 Å². The number of ether oxygens (including phenoxy) is 2. The Kier molecular flexibility index (Phi) is 6.68. The Hall–Kier alpha value is -2.57. The highest BCUT2D eigenvalue weighted by atomic mass is 16.5. The van der Waals surface area contributed by atoms with Crippen LogP contribution in [-0.4, -0.2) is 68.5 Å². The van der Waals surface area contributed by atoms with Gasteiger partial charge in [0, 0.05) is 5.56 Å². The number of carbonyl (C=O) groups excluding carboxylic acids is 1. The number of aliphatic hydroxyl groups excluding tert-OH is 1. The monoisotopic (exact) mass is 371 g/mol. The number of quaternary nitrogens is 1. The molecule has 27 heavy (non-hydrogen) atoms. The van der Waals surface area contributed by atoms with Gasteiger partial charge in [-0.05, 0) is 36.4 Å². The topological polar surface area (TPSA) is 63.4 Å². The van der Waals surface area contributed by atoms with E-state index < -0.39 is 6.10 Å². The van der Waals surface area contributed by atoms with Crippen molar-refractivity contribution in [2.75, 3.05) is 46.4 Å². The molecule has 2 aromatic carbocycles. The van der Waals surface area contributed by atoms with Gasteiger partial charge in [-0.1, -0.05) is 18.2 Å². The summed E-state index contributed by atoms with van der Waals surface area (Å²) in [5, 5.41) is 10.3. The van der Waals surface area contributed by atoms with Gasteiger partial charge in [-0.15, -0.1) is 0 Å². The summed E-state index contributed by atoms with van der Waals surface area (Å²) >= 11 is 0. The Bertz CT molecular complexity index is 713. The number of methoxy groups -OCH3 is 1. The third-order valence-electron chi connectivity index (χ3n) is 4.80. The van der Waals surface area contributed by atoms with E-state index in [1.54, 1.807) is 7.11 Å². The quantitative estimate of drug-likeness (QED) is 0.743. The largest absolute Gasteiger partial charge is 0.497 e. The van der Waals surface area contributed by atoms with Crippen molar-refractivity contribution in [3.05, 3.63) is 60.2 Å². The van der Waals surface area contributed by atoms with Crippen molar-refractivity contribution in [2.45, 2.75) is 6.10 Å². The fourth-order valence-corrected chi connectivity index (χ4v) is 3.25. The van der Waals surface area contributed by atoms with Crippen LogP contribution >= 0.6 is 0 Å². The molecule has 1 heterocycles. The highest BCUT2D eigenvalue weighted by molar-refractivity contribution is 5.94. The number of carbonyl (C=O) groups is 1. The van der Waals surface area contributed by atoms with Gasteiger partial charge >= 0.3 is 0 Å². The molecule has 6 heteroatoms. The molecule has 0 bridgehead atoms. The van der Waals surface area contributed by atoms with Crippen LogP contribution in [0.2, 0.25) is 0 Å². The van der Waals surface area contributed by atoms with Gasteiger partial charge in [-0.25, -0.2) is 0 Å². The highest BCUT2D eigenvalue weighted by Gasteiger charge is 2.26. The third-order valence-corrected chi connectivity index (χ3v) is 4.80. The minimum absolute atomic E-state index is 0.0815. The zero-order valence-electron chi connectivity index (χ0n) is 15.6. The SMILES string of the molecule is COc1ccc(OC[C@@H](O)C[NH+]2CCN(C(=O)c3ccccc3)CC2)cc1. The van der Waals surface area contributed by atoms with E-state index in [1.807, 2.05) is 59.5 Å². The summed E-state index contributed by atoms with van der Waals surface area (Å²) < 4.78 is 10.8. The van der Waals surface area contributed by atoms with Crippen LogP contribution in [0.25, 0.3) is 0 Å². The maximum atomic E-state index is 12.5. The Morgan fingerprint density at radius 1 is 1.07 bits per heavy atom. The van der Waals surface area contributed by atoms with E-state index in [4.69, 9.17) is 9.47 Å². The van der Waals surface area contributed by atoms with Gasteiger partial charge in [0.15, 0.2) is 0 Å². The van der Waals surface area contributed by atoms with Crippen LogP contribution in [-0.2, 0) is 0 Å². The van der Waals surface area contributed by atoms with Gasteiger partial charge in [-0.3, -0.25) is 4.79 Å². The normalized spacial score (nSPS) is 16.0. The van der Waals surface area contributed by atoms with Crippen LogP contribution in [0.5, 0.6) is 11.5 Å². The Morgan fingerprint density at radius 3 is 2.33 bits per heavy atom. The molecule has 0 saturated carbocycles. The van der Waals surface area contributed by atoms with Crippen LogP contribution in [0.4, 0.5) is 0 Å². The van der Waals surface area contributed by atoms with Crippen LogP contribution in [0.15, 0.2) is 54.6 Å². The van der Waals surface area contributed by atoms with Crippen molar-refractivity contribution >= 4 is 5.91 Å². The molecule has 3 rings (SSSR count). The van der Waals surface area contributed by atoms with E-state index in [0.29, 0.717) is 25.4 Å². The summed E-state index contributed by atoms with van der Waals surface area (Å²) in [5.41, 5.74) is 0.730. The molecule has 2 N–H and O–H groups in total. The number of nitrogens with one attached hydrogen (secondary N) is 1. The number of aliphatic hydroxyl groups is 1. The van der Waals surface area contributed by atoms with Gasteiger partial charge in [0.1, 0.15) is 30.8 Å². The van der Waals surface area contributed by atoms with Crippen molar-refractivity contribution in [2.24, 2.45) is 0 Å². The predicted molar refractivity (Wildman–Crippen MR) is 102 cm³/mol. The van der Waals surface area contributed by atoms with Gasteiger partial charge in [-0.2, -0.15) is 0 Å². The molecule has 0 unspecified atom stereocenters. The molecule has 0 aromatic heterocycles. The summed E-state index contributed by atoms with van der Waals surface area (Å²) in [6, 6.07) is 16.7. The van der Waals surface area contributed by atoms with E-state index in [-0.39, 0.29) is 12.5 Å². The standard InChI is InChI=1S/C21H26N2O4/c1-26-19-7-9-20(10-8-19)27-16-18(24)15-22-11-13-23(14-12-22)21(25)17-5-3-2-4-6-17/h2-10,18,24H,11-16H2,1H3/p+1/t18-/m0/s1. The second-order valence-electron chi connectivity index (χ2n) is 6.75. The minimum atomic E-state index is -0.543. The minimum Gasteiger partial charge on any atom is -0.497 e. The predicted octanol–water partition coefficient (Wildman–Crippen LogP) is 0.476. The third kappa shape index (κ3) is 5.45. The first-order chi connectivity index (χ1) is 13.2. The van der Waals surface area contributed by atoms with Crippen LogP contribution < -0.4 is 14.4 Å². The van der Waals surface area contributed by atoms with Gasteiger partial charge in [0.2, 0.25) is 0 Å². The second-order valence-corrected chi connectivity index (χ2v) is 6.75. The summed E-state index contributed by atoms with van der Waals surface area (Å²) in [7, 11) is 1.62. The smallest absolute Gasteiger partial charge is 0.254 e. The maximum absolute atomic E-state index is 12.5. The first-order valence-electron chi connectivity index (χ1n) is 9.28. The van der Waals surface area contributed by atoms with Crippen LogP contribution in [0.3, 0.4) is 0 Å². The second kappa shape index (κ2) is 9.39. The fraction of sp³-hybridized carbons (Fsp3) is 0.381. The van der Waals surface area contributed by atoms with Crippen LogP contribution in [0.1, 0.15) is 10.4 Å². The molecule has 0 spiro atoms. The number of piperazine rings is 1. The zero-order chi connectivity index (χ0) is 19.1. The maximum Gasteiger partial charge on any atom is 0.254 e. The van der Waals surface area contributed by atoms with E-state index in [0.717, 1.165) is 24.4 Å². The zero-order valence-corrected chi connectivity index (χ0v) is 15.6. The van der Waals surface area contributed by atoms with Crippen molar-refractivity contribution in [1.82, 2.24) is 4.90 Å². The summed E-state index contributed by atoms with van der Waals surface area (Å²) in [4.78, 5) is 15.6. The molecule has 1 aliphatic heterocycles. The number of nitrogens with zero attached hydrogens (tertiary/aromatic N) is 1. The number of hydrogen-bond acceptors (Lipinski definition) is 4. The van der Waals surface area contributed by atoms with Gasteiger partial charge in [0.25, 0.3) is 5.91 Å². The Morgan fingerprint density at radius 2 is 1.70 bits per heavy atom. The number of hydrogen-bond donors (Lipinski definition) is 2. The van der Waals surface area contributed by atoms with Crippen molar-refractivity contribution in [1.29, 1.82) is 0 Å². The van der Waals surface area contributed by atoms with Crippen molar-refractivity contribution in [3.8, 4) is 11.5 Å². The molecule has 144 valence electrons. The molecule has 1 amide bonds. The lowest BCUT2D eigenvalue weighted by molar-refractivity contribution is -0.907. The van der Waals surface area contributed by atoms with E-state index in [2.05, 4.69) is 0 Å².